The molecule has 1 atom stereocenters. The van der Waals surface area contributed by atoms with Crippen molar-refractivity contribution in [2.45, 2.75) is 37.8 Å². The Morgan fingerprint density at radius 1 is 0.966 bits per heavy atom. The number of hydrogen-bond acceptors (Lipinski definition) is 3. The third-order valence-corrected chi connectivity index (χ3v) is 6.35. The predicted molar refractivity (Wildman–Crippen MR) is 113 cm³/mol. The Labute approximate surface area is 171 Å². The molecule has 2 aliphatic rings. The third kappa shape index (κ3) is 3.58. The van der Waals surface area contributed by atoms with Gasteiger partial charge >= 0.3 is 0 Å². The minimum Gasteiger partial charge on any atom is -0.341 e. The van der Waals surface area contributed by atoms with Crippen LogP contribution in [-0.2, 0) is 17.8 Å². The molecule has 29 heavy (non-hydrogen) atoms. The van der Waals surface area contributed by atoms with Gasteiger partial charge in [-0.15, -0.1) is 0 Å². The number of benzene rings is 2. The van der Waals surface area contributed by atoms with Gasteiger partial charge in [-0.05, 0) is 36.0 Å². The maximum atomic E-state index is 13.1. The highest BCUT2D eigenvalue weighted by Gasteiger charge is 2.31. The number of rotatable bonds is 3. The lowest BCUT2D eigenvalue weighted by Gasteiger charge is -2.35. The lowest BCUT2D eigenvalue weighted by Crippen LogP contribution is -2.51. The van der Waals surface area contributed by atoms with Gasteiger partial charge in [0.05, 0.1) is 12.2 Å². The zero-order chi connectivity index (χ0) is 19.6. The SMILES string of the molecule is O=C([C@H]1Cc2ccccc2CN1)N1CCC(c2[nH]ncc2-c2ccccc2)CC1. The molecule has 3 aromatic rings. The second kappa shape index (κ2) is 7.84. The standard InChI is InChI=1S/C24H26N4O/c29-24(22-14-19-8-4-5-9-20(19)15-25-22)28-12-10-18(11-13-28)23-21(16-26-27-23)17-6-2-1-3-7-17/h1-9,16,18,22,25H,10-15H2,(H,26,27)/t22-/m1/s1. The number of H-pyrrole nitrogens is 1. The minimum atomic E-state index is -0.103. The first-order valence-electron chi connectivity index (χ1n) is 10.5. The smallest absolute Gasteiger partial charge is 0.240 e. The third-order valence-electron chi connectivity index (χ3n) is 6.35. The van der Waals surface area contributed by atoms with Gasteiger partial charge in [0.25, 0.3) is 0 Å². The Morgan fingerprint density at radius 2 is 1.69 bits per heavy atom. The number of carbonyl (C=O) groups excluding carboxylic acids is 1. The van der Waals surface area contributed by atoms with Gasteiger partial charge < -0.3 is 10.2 Å². The van der Waals surface area contributed by atoms with E-state index in [1.807, 2.05) is 17.2 Å². The van der Waals surface area contributed by atoms with Crippen LogP contribution in [0.5, 0.6) is 0 Å². The number of amides is 1. The second-order valence-corrected chi connectivity index (χ2v) is 8.07. The molecule has 148 valence electrons. The molecule has 0 aliphatic carbocycles. The molecule has 1 amide bonds. The predicted octanol–water partition coefficient (Wildman–Crippen LogP) is 3.50. The van der Waals surface area contributed by atoms with E-state index in [9.17, 15) is 4.79 Å². The first-order chi connectivity index (χ1) is 14.3. The van der Waals surface area contributed by atoms with Crippen LogP contribution in [0.2, 0.25) is 0 Å². The largest absolute Gasteiger partial charge is 0.341 e. The maximum absolute atomic E-state index is 13.1. The summed E-state index contributed by atoms with van der Waals surface area (Å²) in [6.45, 7) is 2.38. The van der Waals surface area contributed by atoms with E-state index in [4.69, 9.17) is 0 Å². The summed E-state index contributed by atoms with van der Waals surface area (Å²) in [5.41, 5.74) is 6.18. The Morgan fingerprint density at radius 3 is 2.48 bits per heavy atom. The van der Waals surface area contributed by atoms with Crippen LogP contribution in [0.1, 0.15) is 35.6 Å². The van der Waals surface area contributed by atoms with Crippen molar-refractivity contribution in [1.29, 1.82) is 0 Å². The Balaban J connectivity index is 1.24. The van der Waals surface area contributed by atoms with E-state index in [-0.39, 0.29) is 11.9 Å². The molecule has 5 nitrogen and oxygen atoms in total. The molecule has 0 radical (unpaired) electrons. The fraction of sp³-hybridized carbons (Fsp3) is 0.333. The van der Waals surface area contributed by atoms with Crippen LogP contribution >= 0.6 is 0 Å². The number of aromatic amines is 1. The molecule has 0 spiro atoms. The molecule has 2 aromatic carbocycles. The maximum Gasteiger partial charge on any atom is 0.240 e. The van der Waals surface area contributed by atoms with Crippen LogP contribution in [0, 0.1) is 0 Å². The van der Waals surface area contributed by atoms with Crippen LogP contribution in [0.3, 0.4) is 0 Å². The number of carbonyl (C=O) groups is 1. The van der Waals surface area contributed by atoms with Gasteiger partial charge in [0.2, 0.25) is 5.91 Å². The molecule has 2 aliphatic heterocycles. The summed E-state index contributed by atoms with van der Waals surface area (Å²) >= 11 is 0. The zero-order valence-electron chi connectivity index (χ0n) is 16.5. The topological polar surface area (TPSA) is 61.0 Å². The molecule has 1 saturated heterocycles. The Kier molecular flexibility index (Phi) is 4.90. The molecule has 0 saturated carbocycles. The quantitative estimate of drug-likeness (QED) is 0.724. The number of aromatic nitrogens is 2. The van der Waals surface area contributed by atoms with Gasteiger partial charge in [-0.2, -0.15) is 5.10 Å². The van der Waals surface area contributed by atoms with E-state index in [2.05, 4.69) is 64.0 Å². The normalized spacial score (nSPS) is 19.7. The number of nitrogens with one attached hydrogen (secondary N) is 2. The van der Waals surface area contributed by atoms with Gasteiger partial charge in [0.15, 0.2) is 0 Å². The summed E-state index contributed by atoms with van der Waals surface area (Å²) in [5, 5.41) is 11.0. The van der Waals surface area contributed by atoms with Crippen LogP contribution in [0.25, 0.3) is 11.1 Å². The summed E-state index contributed by atoms with van der Waals surface area (Å²) in [6, 6.07) is 18.7. The average Bonchev–Trinajstić information content (AvgIpc) is 3.29. The van der Waals surface area contributed by atoms with Crippen molar-refractivity contribution in [1.82, 2.24) is 20.4 Å². The fourth-order valence-electron chi connectivity index (χ4n) is 4.69. The highest BCUT2D eigenvalue weighted by Crippen LogP contribution is 2.34. The van der Waals surface area contributed by atoms with Crippen molar-refractivity contribution in [3.05, 3.63) is 77.6 Å². The second-order valence-electron chi connectivity index (χ2n) is 8.07. The molecule has 5 heteroatoms. The highest BCUT2D eigenvalue weighted by atomic mass is 16.2. The van der Waals surface area contributed by atoms with Crippen LogP contribution in [-0.4, -0.2) is 40.1 Å². The number of piperidine rings is 1. The molecule has 0 bridgehead atoms. The summed E-state index contributed by atoms with van der Waals surface area (Å²) in [7, 11) is 0. The number of nitrogens with zero attached hydrogens (tertiary/aromatic N) is 2. The van der Waals surface area contributed by atoms with Crippen molar-refractivity contribution in [3.63, 3.8) is 0 Å². The van der Waals surface area contributed by atoms with E-state index < -0.39 is 0 Å². The zero-order valence-corrected chi connectivity index (χ0v) is 16.5. The summed E-state index contributed by atoms with van der Waals surface area (Å²) in [4.78, 5) is 15.1. The van der Waals surface area contributed by atoms with Gasteiger partial charge in [-0.3, -0.25) is 9.89 Å². The lowest BCUT2D eigenvalue weighted by atomic mass is 9.89. The van der Waals surface area contributed by atoms with Gasteiger partial charge in [-0.25, -0.2) is 0 Å². The van der Waals surface area contributed by atoms with Crippen molar-refractivity contribution >= 4 is 5.91 Å². The molecule has 5 rings (SSSR count). The minimum absolute atomic E-state index is 0.103. The Bertz CT molecular complexity index is 989. The first kappa shape index (κ1) is 18.1. The molecular weight excluding hydrogens is 360 g/mol. The number of hydrogen-bond donors (Lipinski definition) is 2. The fourth-order valence-corrected chi connectivity index (χ4v) is 4.69. The van der Waals surface area contributed by atoms with Crippen molar-refractivity contribution in [3.8, 4) is 11.1 Å². The number of likely N-dealkylation sites (tertiary alicyclic amines) is 1. The van der Waals surface area contributed by atoms with Crippen molar-refractivity contribution in [2.24, 2.45) is 0 Å². The monoisotopic (exact) mass is 386 g/mol. The first-order valence-corrected chi connectivity index (χ1v) is 10.5. The van der Waals surface area contributed by atoms with E-state index in [1.54, 1.807) is 0 Å². The lowest BCUT2D eigenvalue weighted by molar-refractivity contribution is -0.134. The molecule has 3 heterocycles. The molecule has 1 fully saturated rings. The van der Waals surface area contributed by atoms with Gasteiger partial charge in [-0.1, -0.05) is 54.6 Å². The summed E-state index contributed by atoms with van der Waals surface area (Å²) < 4.78 is 0. The van der Waals surface area contributed by atoms with E-state index in [0.717, 1.165) is 38.9 Å². The van der Waals surface area contributed by atoms with E-state index in [1.165, 1.54) is 27.9 Å². The van der Waals surface area contributed by atoms with E-state index >= 15 is 0 Å². The molecule has 2 N–H and O–H groups in total. The van der Waals surface area contributed by atoms with E-state index in [0.29, 0.717) is 5.92 Å². The average molecular weight is 386 g/mol. The molecule has 0 unspecified atom stereocenters. The van der Waals surface area contributed by atoms with Crippen molar-refractivity contribution in [2.75, 3.05) is 13.1 Å². The number of fused-ring (bicyclic) bond motifs is 1. The molecular formula is C24H26N4O. The van der Waals surface area contributed by atoms with Gasteiger partial charge in [0, 0.05) is 36.8 Å². The highest BCUT2D eigenvalue weighted by molar-refractivity contribution is 5.82. The summed E-state index contributed by atoms with van der Waals surface area (Å²) in [6.07, 6.45) is 4.65. The van der Waals surface area contributed by atoms with Crippen LogP contribution in [0.4, 0.5) is 0 Å². The van der Waals surface area contributed by atoms with Crippen molar-refractivity contribution < 1.29 is 4.79 Å². The molecule has 1 aromatic heterocycles. The van der Waals surface area contributed by atoms with Gasteiger partial charge in [0.1, 0.15) is 0 Å². The summed E-state index contributed by atoms with van der Waals surface area (Å²) in [5.74, 6) is 0.655. The Hall–Kier alpha value is -2.92. The van der Waals surface area contributed by atoms with Crippen LogP contribution in [0.15, 0.2) is 60.8 Å². The van der Waals surface area contributed by atoms with Crippen LogP contribution < -0.4 is 5.32 Å².